The molecule has 1 heterocycles. The fraction of sp³-hybridized carbons (Fsp3) is 0.211. The zero-order valence-corrected chi connectivity index (χ0v) is 14.4. The minimum atomic E-state index is -0.879. The molecule has 0 saturated heterocycles. The Bertz CT molecular complexity index is 954. The van der Waals surface area contributed by atoms with E-state index in [9.17, 15) is 4.39 Å². The lowest BCUT2D eigenvalue weighted by atomic mass is 10.1. The van der Waals surface area contributed by atoms with Crippen molar-refractivity contribution in [3.8, 4) is 17.0 Å². The van der Waals surface area contributed by atoms with Crippen LogP contribution in [0, 0.1) is 0 Å². The zero-order chi connectivity index (χ0) is 19.1. The van der Waals surface area contributed by atoms with E-state index in [-0.39, 0.29) is 13.3 Å². The molecule has 27 heavy (non-hydrogen) atoms. The number of rotatable bonds is 8. The molecule has 0 spiro atoms. The third-order valence-corrected chi connectivity index (χ3v) is 3.94. The van der Waals surface area contributed by atoms with Crippen LogP contribution in [0.5, 0.6) is 5.75 Å². The van der Waals surface area contributed by atoms with Gasteiger partial charge in [0.1, 0.15) is 18.5 Å². The van der Waals surface area contributed by atoms with Gasteiger partial charge in [-0.2, -0.15) is 0 Å². The lowest BCUT2D eigenvalue weighted by Crippen LogP contribution is -2.23. The van der Waals surface area contributed by atoms with Crippen LogP contribution in [0.25, 0.3) is 32.6 Å². The molecular formula is C19H18FN5O2. The first-order valence-corrected chi connectivity index (χ1v) is 8.33. The van der Waals surface area contributed by atoms with Crippen LogP contribution in [0.4, 0.5) is 10.1 Å². The van der Waals surface area contributed by atoms with E-state index in [1.165, 1.54) is 0 Å². The van der Waals surface area contributed by atoms with Crippen LogP contribution < -0.4 is 10.1 Å². The average Bonchev–Trinajstić information content (AvgIpc) is 2.72. The van der Waals surface area contributed by atoms with Crippen molar-refractivity contribution in [3.05, 3.63) is 65.0 Å². The van der Waals surface area contributed by atoms with Crippen molar-refractivity contribution in [1.82, 2.24) is 4.98 Å². The highest BCUT2D eigenvalue weighted by molar-refractivity contribution is 5.83. The Morgan fingerprint density at radius 3 is 2.67 bits per heavy atom. The number of halogens is 1. The van der Waals surface area contributed by atoms with Gasteiger partial charge in [-0.15, -0.1) is 0 Å². The van der Waals surface area contributed by atoms with Crippen molar-refractivity contribution >= 4 is 16.6 Å². The van der Waals surface area contributed by atoms with Crippen LogP contribution in [0.2, 0.25) is 0 Å². The van der Waals surface area contributed by atoms with Crippen molar-refractivity contribution in [1.29, 1.82) is 0 Å². The average molecular weight is 367 g/mol. The number of hydrogen-bond acceptors (Lipinski definition) is 5. The monoisotopic (exact) mass is 367 g/mol. The highest BCUT2D eigenvalue weighted by Crippen LogP contribution is 2.25. The van der Waals surface area contributed by atoms with Crippen LogP contribution in [-0.4, -0.2) is 36.1 Å². The van der Waals surface area contributed by atoms with E-state index in [0.717, 1.165) is 22.3 Å². The summed E-state index contributed by atoms with van der Waals surface area (Å²) in [6, 6.07) is 16.8. The summed E-state index contributed by atoms with van der Waals surface area (Å²) in [5.41, 5.74) is 11.5. The topological polar surface area (TPSA) is 103 Å². The van der Waals surface area contributed by atoms with Gasteiger partial charge in [-0.25, -0.2) is 9.37 Å². The van der Waals surface area contributed by atoms with Gasteiger partial charge in [0.25, 0.3) is 0 Å². The second kappa shape index (κ2) is 8.84. The van der Waals surface area contributed by atoms with Crippen LogP contribution in [0.3, 0.4) is 0 Å². The highest BCUT2D eigenvalue weighted by Gasteiger charge is 2.09. The molecule has 0 aliphatic carbocycles. The van der Waals surface area contributed by atoms with Crippen molar-refractivity contribution in [2.45, 2.75) is 6.10 Å². The highest BCUT2D eigenvalue weighted by atomic mass is 19.1. The van der Waals surface area contributed by atoms with Gasteiger partial charge in [0.15, 0.2) is 0 Å². The van der Waals surface area contributed by atoms with E-state index >= 15 is 0 Å². The largest absolute Gasteiger partial charge is 0.485 e. The third-order valence-electron chi connectivity index (χ3n) is 3.94. The number of benzene rings is 2. The SMILES string of the molecule is [N-]=[N+]=NCNc1ccc(-c2ccc3ccc(OC(CO)CF)cc3n2)cc1. The Hall–Kier alpha value is -3.35. The number of aliphatic hydroxyl groups excluding tert-OH is 1. The van der Waals surface area contributed by atoms with E-state index < -0.39 is 12.8 Å². The molecule has 138 valence electrons. The Kier molecular flexibility index (Phi) is 6.04. The Morgan fingerprint density at radius 2 is 1.96 bits per heavy atom. The van der Waals surface area contributed by atoms with E-state index in [1.54, 1.807) is 12.1 Å². The summed E-state index contributed by atoms with van der Waals surface area (Å²) in [4.78, 5) is 7.34. The fourth-order valence-corrected chi connectivity index (χ4v) is 2.56. The predicted octanol–water partition coefficient (Wildman–Crippen LogP) is 4.29. The summed E-state index contributed by atoms with van der Waals surface area (Å²) < 4.78 is 18.2. The minimum absolute atomic E-state index is 0.181. The van der Waals surface area contributed by atoms with E-state index in [2.05, 4.69) is 20.3 Å². The number of hydrogen-bond donors (Lipinski definition) is 2. The summed E-state index contributed by atoms with van der Waals surface area (Å²) in [6.45, 7) is -0.968. The summed E-state index contributed by atoms with van der Waals surface area (Å²) in [6.07, 6.45) is -0.879. The molecule has 7 nitrogen and oxygen atoms in total. The van der Waals surface area contributed by atoms with E-state index in [1.807, 2.05) is 42.5 Å². The quantitative estimate of drug-likeness (QED) is 0.352. The maximum Gasteiger partial charge on any atom is 0.150 e. The van der Waals surface area contributed by atoms with Crippen LogP contribution in [0.15, 0.2) is 59.7 Å². The van der Waals surface area contributed by atoms with Gasteiger partial charge in [0.2, 0.25) is 0 Å². The van der Waals surface area contributed by atoms with Gasteiger partial charge in [0.05, 0.1) is 24.5 Å². The molecule has 3 aromatic rings. The Labute approximate surface area is 155 Å². The summed E-state index contributed by atoms with van der Waals surface area (Å²) in [5, 5.41) is 16.4. The molecular weight excluding hydrogens is 349 g/mol. The van der Waals surface area contributed by atoms with Crippen molar-refractivity contribution in [3.63, 3.8) is 0 Å². The van der Waals surface area contributed by atoms with Crippen molar-refractivity contribution in [2.75, 3.05) is 25.3 Å². The standard InChI is InChI=1S/C19H18FN5O2/c20-10-17(11-26)27-16-7-3-14-4-8-18(24-19(14)9-16)13-1-5-15(6-2-13)22-12-23-25-21/h1-9,17,22,26H,10-12H2. The molecule has 1 aromatic heterocycles. The summed E-state index contributed by atoms with van der Waals surface area (Å²) >= 11 is 0. The number of ether oxygens (including phenoxy) is 1. The molecule has 0 aliphatic heterocycles. The molecule has 1 atom stereocenters. The zero-order valence-electron chi connectivity index (χ0n) is 14.4. The summed E-state index contributed by atoms with van der Waals surface area (Å²) in [5.74, 6) is 0.460. The molecule has 0 fully saturated rings. The van der Waals surface area contributed by atoms with Gasteiger partial charge in [-0.1, -0.05) is 23.3 Å². The van der Waals surface area contributed by atoms with Gasteiger partial charge in [-0.3, -0.25) is 0 Å². The smallest absolute Gasteiger partial charge is 0.150 e. The van der Waals surface area contributed by atoms with Gasteiger partial charge >= 0.3 is 0 Å². The summed E-state index contributed by atoms with van der Waals surface area (Å²) in [7, 11) is 0. The molecule has 0 radical (unpaired) electrons. The van der Waals surface area contributed by atoms with E-state index in [4.69, 9.17) is 15.4 Å². The Balaban J connectivity index is 1.83. The van der Waals surface area contributed by atoms with Crippen LogP contribution in [-0.2, 0) is 0 Å². The first kappa shape index (κ1) is 18.4. The minimum Gasteiger partial charge on any atom is -0.485 e. The molecule has 3 rings (SSSR count). The first-order valence-electron chi connectivity index (χ1n) is 8.33. The molecule has 0 amide bonds. The number of aromatic nitrogens is 1. The number of fused-ring (bicyclic) bond motifs is 1. The molecule has 0 saturated carbocycles. The number of nitrogens with one attached hydrogen (secondary N) is 1. The number of aliphatic hydroxyl groups is 1. The molecule has 0 bridgehead atoms. The Morgan fingerprint density at radius 1 is 1.19 bits per heavy atom. The molecule has 8 heteroatoms. The first-order chi connectivity index (χ1) is 13.2. The van der Waals surface area contributed by atoms with Crippen LogP contribution in [0.1, 0.15) is 0 Å². The number of azide groups is 1. The normalized spacial score (nSPS) is 11.6. The van der Waals surface area contributed by atoms with Gasteiger partial charge in [0, 0.05) is 27.6 Å². The van der Waals surface area contributed by atoms with Gasteiger partial charge < -0.3 is 15.2 Å². The van der Waals surface area contributed by atoms with Crippen molar-refractivity contribution < 1.29 is 14.2 Å². The molecule has 2 N–H and O–H groups in total. The number of alkyl halides is 1. The fourth-order valence-electron chi connectivity index (χ4n) is 2.56. The second-order valence-corrected chi connectivity index (χ2v) is 5.77. The maximum absolute atomic E-state index is 12.7. The predicted molar refractivity (Wildman–Crippen MR) is 102 cm³/mol. The lowest BCUT2D eigenvalue weighted by molar-refractivity contribution is 0.0933. The number of pyridine rings is 1. The van der Waals surface area contributed by atoms with Crippen molar-refractivity contribution in [2.24, 2.45) is 5.11 Å². The van der Waals surface area contributed by atoms with Gasteiger partial charge in [-0.05, 0) is 35.9 Å². The van der Waals surface area contributed by atoms with Crippen LogP contribution >= 0.6 is 0 Å². The van der Waals surface area contributed by atoms with E-state index in [0.29, 0.717) is 11.3 Å². The molecule has 1 unspecified atom stereocenters. The molecule has 2 aromatic carbocycles. The molecule has 0 aliphatic rings. The second-order valence-electron chi connectivity index (χ2n) is 5.77. The number of nitrogens with zero attached hydrogens (tertiary/aromatic N) is 4. The maximum atomic E-state index is 12.7. The third kappa shape index (κ3) is 4.63. The lowest BCUT2D eigenvalue weighted by Gasteiger charge is -2.14. The number of anilines is 1.